The fourth-order valence-electron chi connectivity index (χ4n) is 5.80. The number of aliphatic hydroxyl groups excluding tert-OH is 1. The number of hydrogen-bond acceptors (Lipinski definition) is 7. The first-order chi connectivity index (χ1) is 19.5. The van der Waals surface area contributed by atoms with Crippen molar-refractivity contribution in [1.82, 2.24) is 14.5 Å². The van der Waals surface area contributed by atoms with Crippen LogP contribution in [-0.2, 0) is 32.5 Å². The first-order valence-corrected chi connectivity index (χ1v) is 16.0. The van der Waals surface area contributed by atoms with Crippen molar-refractivity contribution in [2.24, 2.45) is 11.8 Å². The van der Waals surface area contributed by atoms with Gasteiger partial charge in [-0.25, -0.2) is 13.2 Å². The van der Waals surface area contributed by atoms with Crippen molar-refractivity contribution < 1.29 is 27.8 Å². The zero-order valence-electron chi connectivity index (χ0n) is 24.6. The van der Waals surface area contributed by atoms with E-state index in [1.54, 1.807) is 12.1 Å². The van der Waals surface area contributed by atoms with Crippen LogP contribution in [-0.4, -0.2) is 87.0 Å². The summed E-state index contributed by atoms with van der Waals surface area (Å²) >= 11 is 0. The molecule has 2 unspecified atom stereocenters. The lowest BCUT2D eigenvalue weighted by Gasteiger charge is -2.31. The van der Waals surface area contributed by atoms with E-state index in [4.69, 9.17) is 9.47 Å². The summed E-state index contributed by atoms with van der Waals surface area (Å²) in [6.45, 7) is 5.40. The topological polar surface area (TPSA) is 108 Å². The predicted octanol–water partition coefficient (Wildman–Crippen LogP) is 3.66. The molecule has 1 heterocycles. The fourth-order valence-corrected chi connectivity index (χ4v) is 7.42. The van der Waals surface area contributed by atoms with Crippen molar-refractivity contribution in [3.05, 3.63) is 65.7 Å². The van der Waals surface area contributed by atoms with Gasteiger partial charge < -0.3 is 24.8 Å². The zero-order valence-corrected chi connectivity index (χ0v) is 25.4. The third-order valence-corrected chi connectivity index (χ3v) is 9.61. The molecule has 0 bridgehead atoms. The normalized spacial score (nSPS) is 22.2. The molecule has 0 spiro atoms. The van der Waals surface area contributed by atoms with Crippen LogP contribution >= 0.6 is 0 Å². The number of benzene rings is 2. The number of amides is 1. The fraction of sp³-hybridized carbons (Fsp3) is 0.581. The average Bonchev–Trinajstić information content (AvgIpc) is 3.50. The number of sulfonamides is 1. The highest BCUT2D eigenvalue weighted by molar-refractivity contribution is 7.89. The molecule has 10 heteroatoms. The van der Waals surface area contributed by atoms with Crippen molar-refractivity contribution in [2.45, 2.75) is 75.3 Å². The van der Waals surface area contributed by atoms with Crippen molar-refractivity contribution in [1.29, 1.82) is 0 Å². The minimum atomic E-state index is -3.90. The minimum absolute atomic E-state index is 0.0273. The van der Waals surface area contributed by atoms with Gasteiger partial charge in [0.15, 0.2) is 0 Å². The van der Waals surface area contributed by atoms with Gasteiger partial charge >= 0.3 is 6.09 Å². The number of nitrogens with zero attached hydrogens (tertiary/aromatic N) is 2. The van der Waals surface area contributed by atoms with Crippen LogP contribution in [0.15, 0.2) is 59.5 Å². The van der Waals surface area contributed by atoms with Crippen molar-refractivity contribution >= 4 is 16.1 Å². The number of carbonyl (C=O) groups excluding carboxylic acids is 1. The molecule has 2 aromatic rings. The first-order valence-electron chi connectivity index (χ1n) is 14.6. The van der Waals surface area contributed by atoms with Crippen LogP contribution < -0.4 is 5.32 Å². The van der Waals surface area contributed by atoms with Gasteiger partial charge in [-0.1, -0.05) is 56.3 Å². The third kappa shape index (κ3) is 8.75. The molecular formula is C31H45N3O6S. The maximum atomic E-state index is 13.7. The van der Waals surface area contributed by atoms with E-state index in [1.807, 2.05) is 75.3 Å². The standard InChI is InChI=1S/C31H45N3O6S/c1-22(2)19-34(41(37,38)27-12-10-24(11-13-27)20-33(3)4)21-29(35)28(16-23-8-6-5-7-9-23)32-31(36)40-26-17-25-14-15-39-30(25)18-26/h5-13,22,25-26,28-30,35H,14-21H2,1-4H3,(H,32,36)/t25?,26?,28-,29+,30+/m0/s1. The van der Waals surface area contributed by atoms with Crippen molar-refractivity contribution in [3.63, 3.8) is 0 Å². The molecule has 9 nitrogen and oxygen atoms in total. The van der Waals surface area contributed by atoms with E-state index >= 15 is 0 Å². The van der Waals surface area contributed by atoms with Gasteiger partial charge in [-0.15, -0.1) is 0 Å². The van der Waals surface area contributed by atoms with Gasteiger partial charge in [-0.05, 0) is 68.5 Å². The van der Waals surface area contributed by atoms with Gasteiger partial charge in [0.2, 0.25) is 10.0 Å². The molecule has 1 amide bonds. The van der Waals surface area contributed by atoms with E-state index in [2.05, 4.69) is 5.32 Å². The van der Waals surface area contributed by atoms with Crippen LogP contribution in [0.1, 0.15) is 44.2 Å². The maximum absolute atomic E-state index is 13.7. The molecule has 0 radical (unpaired) electrons. The van der Waals surface area contributed by atoms with Gasteiger partial charge in [0.25, 0.3) is 0 Å². The molecule has 1 aliphatic carbocycles. The van der Waals surface area contributed by atoms with Gasteiger partial charge in [-0.2, -0.15) is 4.31 Å². The van der Waals surface area contributed by atoms with Crippen LogP contribution in [0.5, 0.6) is 0 Å². The summed E-state index contributed by atoms with van der Waals surface area (Å²) in [6.07, 6.45) is 0.902. The molecule has 2 aromatic carbocycles. The molecule has 1 saturated heterocycles. The lowest BCUT2D eigenvalue weighted by atomic mass is 10.0. The quantitative estimate of drug-likeness (QED) is 0.368. The van der Waals surface area contributed by atoms with E-state index in [1.165, 1.54) is 4.31 Å². The zero-order chi connectivity index (χ0) is 29.6. The van der Waals surface area contributed by atoms with E-state index in [0.717, 1.165) is 30.6 Å². The van der Waals surface area contributed by atoms with Crippen LogP contribution in [0.25, 0.3) is 0 Å². The summed E-state index contributed by atoms with van der Waals surface area (Å²) < 4.78 is 40.3. The number of carbonyl (C=O) groups is 1. The van der Waals surface area contributed by atoms with Gasteiger partial charge in [0.1, 0.15) is 6.10 Å². The number of rotatable bonds is 13. The molecule has 226 valence electrons. The summed E-state index contributed by atoms with van der Waals surface area (Å²) in [7, 11) is 0.0186. The largest absolute Gasteiger partial charge is 0.446 e. The molecule has 5 atom stereocenters. The second-order valence-corrected chi connectivity index (χ2v) is 14.0. The highest BCUT2D eigenvalue weighted by atomic mass is 32.2. The maximum Gasteiger partial charge on any atom is 0.407 e. The average molecular weight is 588 g/mol. The Morgan fingerprint density at radius 2 is 1.76 bits per heavy atom. The predicted molar refractivity (Wildman–Crippen MR) is 158 cm³/mol. The van der Waals surface area contributed by atoms with E-state index in [9.17, 15) is 18.3 Å². The molecule has 4 rings (SSSR count). The lowest BCUT2D eigenvalue weighted by Crippen LogP contribution is -2.51. The second kappa shape index (κ2) is 14.1. The van der Waals surface area contributed by atoms with Crippen LogP contribution in [0.4, 0.5) is 4.79 Å². The summed E-state index contributed by atoms with van der Waals surface area (Å²) in [5, 5.41) is 14.3. The highest BCUT2D eigenvalue weighted by Gasteiger charge is 2.40. The number of aliphatic hydroxyl groups is 1. The van der Waals surface area contributed by atoms with Crippen LogP contribution in [0.2, 0.25) is 0 Å². The molecule has 1 aliphatic heterocycles. The second-order valence-electron chi connectivity index (χ2n) is 12.1. The molecule has 2 N–H and O–H groups in total. The molecule has 2 aliphatic rings. The smallest absolute Gasteiger partial charge is 0.407 e. The summed E-state index contributed by atoms with van der Waals surface area (Å²) in [6, 6.07) is 15.6. The Morgan fingerprint density at radius 1 is 1.05 bits per heavy atom. The van der Waals surface area contributed by atoms with Crippen LogP contribution in [0.3, 0.4) is 0 Å². The number of ether oxygens (including phenoxy) is 2. The third-order valence-electron chi connectivity index (χ3n) is 7.77. The molecular weight excluding hydrogens is 542 g/mol. The van der Waals surface area contributed by atoms with Gasteiger partial charge in [0.05, 0.1) is 23.1 Å². The first kappa shape index (κ1) is 31.4. The number of alkyl carbamates (subject to hydrolysis) is 1. The van der Waals surface area contributed by atoms with E-state index in [0.29, 0.717) is 25.3 Å². The molecule has 0 aromatic heterocycles. The monoisotopic (exact) mass is 587 g/mol. The van der Waals surface area contributed by atoms with E-state index in [-0.39, 0.29) is 36.1 Å². The highest BCUT2D eigenvalue weighted by Crippen LogP contribution is 2.37. The minimum Gasteiger partial charge on any atom is -0.446 e. The Morgan fingerprint density at radius 3 is 2.39 bits per heavy atom. The Kier molecular flexibility index (Phi) is 10.8. The van der Waals surface area contributed by atoms with Gasteiger partial charge in [-0.3, -0.25) is 0 Å². The summed E-state index contributed by atoms with van der Waals surface area (Å²) in [5.41, 5.74) is 1.92. The number of fused-ring (bicyclic) bond motifs is 1. The Bertz CT molecular complexity index is 1210. The Hall–Kier alpha value is -2.50. The van der Waals surface area contributed by atoms with E-state index < -0.39 is 28.3 Å². The Labute approximate surface area is 244 Å². The number of hydrogen-bond donors (Lipinski definition) is 2. The van der Waals surface area contributed by atoms with Crippen molar-refractivity contribution in [3.8, 4) is 0 Å². The van der Waals surface area contributed by atoms with Crippen LogP contribution in [0, 0.1) is 11.8 Å². The Balaban J connectivity index is 1.49. The lowest BCUT2D eigenvalue weighted by molar-refractivity contribution is 0.0554. The number of nitrogens with one attached hydrogen (secondary N) is 1. The molecule has 41 heavy (non-hydrogen) atoms. The van der Waals surface area contributed by atoms with Crippen molar-refractivity contribution in [2.75, 3.05) is 33.8 Å². The summed E-state index contributed by atoms with van der Waals surface area (Å²) in [4.78, 5) is 15.2. The molecule has 1 saturated carbocycles. The molecule has 2 fully saturated rings. The van der Waals surface area contributed by atoms with Gasteiger partial charge in [0, 0.05) is 32.7 Å². The summed E-state index contributed by atoms with van der Waals surface area (Å²) in [5.74, 6) is 0.449. The SMILES string of the molecule is CC(C)CN(C[C@@H](O)[C@H](Cc1ccccc1)NC(=O)OC1CC2CCO[C@@H]2C1)S(=O)(=O)c1ccc(CN(C)C)cc1.